The minimum absolute atomic E-state index is 0.0177. The zero-order valence-electron chi connectivity index (χ0n) is 18.2. The number of hydrogen-bond donors (Lipinski definition) is 1. The van der Waals surface area contributed by atoms with E-state index in [0.29, 0.717) is 0 Å². The van der Waals surface area contributed by atoms with Crippen LogP contribution >= 0.6 is 15.9 Å². The molecular formula is C26H36BrNO2. The normalized spacial score (nSPS) is 18.1. The zero-order chi connectivity index (χ0) is 21.2. The SMILES string of the molecule is CCCCCCCC(O)(c1ccc(Br)cc1)C(CN1CCOCC1)c1ccccc1. The van der Waals surface area contributed by atoms with Gasteiger partial charge in [0.05, 0.1) is 18.8 Å². The van der Waals surface area contributed by atoms with Crippen LogP contribution in [0.15, 0.2) is 59.1 Å². The molecular weight excluding hydrogens is 438 g/mol. The lowest BCUT2D eigenvalue weighted by Crippen LogP contribution is -2.45. The number of halogens is 1. The number of unbranched alkanes of at least 4 members (excludes halogenated alkanes) is 4. The molecule has 2 aromatic carbocycles. The number of benzene rings is 2. The summed E-state index contributed by atoms with van der Waals surface area (Å²) in [5.41, 5.74) is 1.33. The number of aliphatic hydroxyl groups is 1. The van der Waals surface area contributed by atoms with Gasteiger partial charge in [-0.3, -0.25) is 4.90 Å². The van der Waals surface area contributed by atoms with E-state index in [1.54, 1.807) is 0 Å². The summed E-state index contributed by atoms with van der Waals surface area (Å²) < 4.78 is 6.61. The topological polar surface area (TPSA) is 32.7 Å². The molecule has 2 aromatic rings. The molecule has 0 amide bonds. The fraction of sp³-hybridized carbons (Fsp3) is 0.538. The molecule has 1 aliphatic heterocycles. The van der Waals surface area contributed by atoms with E-state index < -0.39 is 5.60 Å². The van der Waals surface area contributed by atoms with Gasteiger partial charge >= 0.3 is 0 Å². The van der Waals surface area contributed by atoms with Crippen molar-refractivity contribution < 1.29 is 9.84 Å². The summed E-state index contributed by atoms with van der Waals surface area (Å²) in [5.74, 6) is 0.0177. The van der Waals surface area contributed by atoms with E-state index in [1.807, 2.05) is 12.1 Å². The van der Waals surface area contributed by atoms with Gasteiger partial charge in [0.25, 0.3) is 0 Å². The quantitative estimate of drug-likeness (QED) is 0.399. The van der Waals surface area contributed by atoms with Crippen molar-refractivity contribution in [2.75, 3.05) is 32.8 Å². The predicted octanol–water partition coefficient (Wildman–Crippen LogP) is 6.11. The molecule has 0 bridgehead atoms. The molecule has 4 heteroatoms. The molecule has 1 aliphatic rings. The van der Waals surface area contributed by atoms with Crippen LogP contribution in [-0.2, 0) is 10.3 Å². The molecule has 2 atom stereocenters. The molecule has 0 aliphatic carbocycles. The Balaban J connectivity index is 1.90. The predicted molar refractivity (Wildman–Crippen MR) is 128 cm³/mol. The Labute approximate surface area is 190 Å². The highest BCUT2D eigenvalue weighted by Gasteiger charge is 2.40. The number of nitrogens with zero attached hydrogens (tertiary/aromatic N) is 1. The largest absolute Gasteiger partial charge is 0.384 e. The average Bonchev–Trinajstić information content (AvgIpc) is 2.79. The fourth-order valence-corrected chi connectivity index (χ4v) is 4.78. The highest BCUT2D eigenvalue weighted by molar-refractivity contribution is 9.10. The summed E-state index contributed by atoms with van der Waals surface area (Å²) in [4.78, 5) is 2.45. The molecule has 164 valence electrons. The Bertz CT molecular complexity index is 730. The lowest BCUT2D eigenvalue weighted by Gasteiger charge is -2.41. The summed E-state index contributed by atoms with van der Waals surface area (Å²) in [6.07, 6.45) is 6.74. The van der Waals surface area contributed by atoms with Crippen LogP contribution in [-0.4, -0.2) is 42.9 Å². The van der Waals surface area contributed by atoms with Crippen molar-refractivity contribution in [2.45, 2.75) is 57.0 Å². The van der Waals surface area contributed by atoms with E-state index in [-0.39, 0.29) is 5.92 Å². The molecule has 1 N–H and O–H groups in total. The smallest absolute Gasteiger partial charge is 0.0977 e. The highest BCUT2D eigenvalue weighted by Crippen LogP contribution is 2.42. The lowest BCUT2D eigenvalue weighted by atomic mass is 9.74. The van der Waals surface area contributed by atoms with E-state index in [0.717, 1.165) is 55.7 Å². The molecule has 0 saturated carbocycles. The Kier molecular flexibility index (Phi) is 9.38. The van der Waals surface area contributed by atoms with Crippen molar-refractivity contribution in [1.29, 1.82) is 0 Å². The highest BCUT2D eigenvalue weighted by atomic mass is 79.9. The van der Waals surface area contributed by atoms with Gasteiger partial charge in [0.15, 0.2) is 0 Å². The van der Waals surface area contributed by atoms with E-state index in [9.17, 15) is 5.11 Å². The van der Waals surface area contributed by atoms with Crippen LogP contribution in [0, 0.1) is 0 Å². The molecule has 1 saturated heterocycles. The van der Waals surface area contributed by atoms with Crippen molar-refractivity contribution in [3.8, 4) is 0 Å². The third-order valence-corrected chi connectivity index (χ3v) is 6.86. The van der Waals surface area contributed by atoms with Gasteiger partial charge in [0.2, 0.25) is 0 Å². The van der Waals surface area contributed by atoms with E-state index in [1.165, 1.54) is 31.2 Å². The van der Waals surface area contributed by atoms with Crippen LogP contribution < -0.4 is 0 Å². The molecule has 0 aromatic heterocycles. The number of morpholine rings is 1. The first-order valence-electron chi connectivity index (χ1n) is 11.5. The zero-order valence-corrected chi connectivity index (χ0v) is 19.8. The molecule has 30 heavy (non-hydrogen) atoms. The van der Waals surface area contributed by atoms with Gasteiger partial charge < -0.3 is 9.84 Å². The van der Waals surface area contributed by atoms with Crippen LogP contribution in [0.5, 0.6) is 0 Å². The number of rotatable bonds is 11. The fourth-order valence-electron chi connectivity index (χ4n) is 4.52. The summed E-state index contributed by atoms with van der Waals surface area (Å²) >= 11 is 3.55. The van der Waals surface area contributed by atoms with E-state index in [4.69, 9.17) is 4.74 Å². The monoisotopic (exact) mass is 473 g/mol. The lowest BCUT2D eigenvalue weighted by molar-refractivity contribution is -0.0296. The summed E-state index contributed by atoms with van der Waals surface area (Å²) in [6, 6.07) is 18.9. The van der Waals surface area contributed by atoms with Crippen LogP contribution in [0.2, 0.25) is 0 Å². The molecule has 1 heterocycles. The third kappa shape index (κ3) is 6.40. The Morgan fingerprint density at radius 2 is 1.63 bits per heavy atom. The minimum atomic E-state index is -0.896. The van der Waals surface area contributed by atoms with Crippen molar-refractivity contribution in [3.63, 3.8) is 0 Å². The van der Waals surface area contributed by atoms with Gasteiger partial charge in [-0.25, -0.2) is 0 Å². The summed E-state index contributed by atoms with van der Waals surface area (Å²) in [5, 5.41) is 12.3. The average molecular weight is 474 g/mol. The third-order valence-electron chi connectivity index (χ3n) is 6.33. The molecule has 2 unspecified atom stereocenters. The summed E-state index contributed by atoms with van der Waals surface area (Å²) in [6.45, 7) is 6.48. The van der Waals surface area contributed by atoms with Gasteiger partial charge in [-0.2, -0.15) is 0 Å². The van der Waals surface area contributed by atoms with Gasteiger partial charge in [-0.1, -0.05) is 97.4 Å². The van der Waals surface area contributed by atoms with Crippen molar-refractivity contribution >= 4 is 15.9 Å². The van der Waals surface area contributed by atoms with Crippen LogP contribution in [0.25, 0.3) is 0 Å². The van der Waals surface area contributed by atoms with Gasteiger partial charge in [-0.15, -0.1) is 0 Å². The second-order valence-corrected chi connectivity index (χ2v) is 9.39. The maximum Gasteiger partial charge on any atom is 0.0977 e. The maximum atomic E-state index is 12.3. The van der Waals surface area contributed by atoms with Crippen LogP contribution in [0.4, 0.5) is 0 Å². The van der Waals surface area contributed by atoms with Crippen molar-refractivity contribution in [3.05, 3.63) is 70.2 Å². The summed E-state index contributed by atoms with van der Waals surface area (Å²) in [7, 11) is 0. The number of hydrogen-bond acceptors (Lipinski definition) is 3. The first kappa shape index (κ1) is 23.5. The molecule has 0 spiro atoms. The standard InChI is InChI=1S/C26H36BrNO2/c1-2-3-4-5-9-16-26(29,23-12-14-24(27)15-13-23)25(22-10-7-6-8-11-22)21-28-17-19-30-20-18-28/h6-8,10-15,25,29H,2-5,9,16-21H2,1H3. The first-order valence-corrected chi connectivity index (χ1v) is 12.3. The van der Waals surface area contributed by atoms with Gasteiger partial charge in [-0.05, 0) is 29.7 Å². The van der Waals surface area contributed by atoms with Crippen molar-refractivity contribution in [2.24, 2.45) is 0 Å². The Morgan fingerprint density at radius 3 is 2.30 bits per heavy atom. The van der Waals surface area contributed by atoms with Gasteiger partial charge in [0.1, 0.15) is 0 Å². The van der Waals surface area contributed by atoms with Crippen LogP contribution in [0.1, 0.15) is 62.5 Å². The molecule has 3 rings (SSSR count). The minimum Gasteiger partial charge on any atom is -0.384 e. The second kappa shape index (κ2) is 12.0. The molecule has 1 fully saturated rings. The molecule has 3 nitrogen and oxygen atoms in total. The first-order chi connectivity index (χ1) is 14.6. The molecule has 0 radical (unpaired) electrons. The Morgan fingerprint density at radius 1 is 0.967 bits per heavy atom. The van der Waals surface area contributed by atoms with Gasteiger partial charge in [0, 0.05) is 30.0 Å². The maximum absolute atomic E-state index is 12.3. The second-order valence-electron chi connectivity index (χ2n) is 8.47. The van der Waals surface area contributed by atoms with E-state index >= 15 is 0 Å². The Hall–Kier alpha value is -1.20. The number of ether oxygens (including phenoxy) is 1. The van der Waals surface area contributed by atoms with Crippen molar-refractivity contribution in [1.82, 2.24) is 4.90 Å². The van der Waals surface area contributed by atoms with Crippen LogP contribution in [0.3, 0.4) is 0 Å². The van der Waals surface area contributed by atoms with E-state index in [2.05, 4.69) is 70.2 Å².